The summed E-state index contributed by atoms with van der Waals surface area (Å²) in [5.74, 6) is 1.02. The Morgan fingerprint density at radius 2 is 2.12 bits per heavy atom. The molecule has 3 heteroatoms. The van der Waals surface area contributed by atoms with E-state index in [9.17, 15) is 0 Å². The fourth-order valence-corrected chi connectivity index (χ4v) is 1.88. The first-order valence-electron chi connectivity index (χ1n) is 5.71. The number of hydrogen-bond acceptors (Lipinski definition) is 2. The van der Waals surface area contributed by atoms with Crippen LogP contribution in [0.5, 0.6) is 5.75 Å². The van der Waals surface area contributed by atoms with Crippen LogP contribution in [-0.4, -0.2) is 18.3 Å². The molecule has 0 aliphatic rings. The molecular weight excluding hydrogens is 268 g/mol. The van der Waals surface area contributed by atoms with Gasteiger partial charge in [0.2, 0.25) is 0 Å². The summed E-state index contributed by atoms with van der Waals surface area (Å²) in [6.07, 6.45) is 2.20. The number of unbranched alkanes of at least 4 members (excludes halogenated alkanes) is 1. The molecule has 0 aromatic heterocycles. The predicted molar refractivity (Wildman–Crippen MR) is 70.0 cm³/mol. The van der Waals surface area contributed by atoms with Crippen LogP contribution in [0.4, 0.5) is 0 Å². The molecule has 1 rings (SSSR count). The minimum atomic E-state index is 0.144. The van der Waals surface area contributed by atoms with Gasteiger partial charge in [-0.05, 0) is 30.2 Å². The number of rotatable bonds is 6. The van der Waals surface area contributed by atoms with Crippen LogP contribution in [0.2, 0.25) is 0 Å². The Kier molecular flexibility index (Phi) is 5.85. The zero-order valence-electron chi connectivity index (χ0n) is 9.87. The van der Waals surface area contributed by atoms with Gasteiger partial charge < -0.3 is 9.84 Å². The molecule has 1 atom stereocenters. The van der Waals surface area contributed by atoms with Crippen molar-refractivity contribution in [2.75, 3.05) is 13.2 Å². The summed E-state index contributed by atoms with van der Waals surface area (Å²) in [6, 6.07) is 5.98. The van der Waals surface area contributed by atoms with E-state index in [2.05, 4.69) is 22.9 Å². The summed E-state index contributed by atoms with van der Waals surface area (Å²) in [5.41, 5.74) is 1.10. The summed E-state index contributed by atoms with van der Waals surface area (Å²) < 4.78 is 6.65. The first kappa shape index (κ1) is 13.5. The lowest BCUT2D eigenvalue weighted by Gasteiger charge is -2.12. The number of hydrogen-bond donors (Lipinski definition) is 1. The van der Waals surface area contributed by atoms with Gasteiger partial charge in [0.15, 0.2) is 0 Å². The van der Waals surface area contributed by atoms with Crippen molar-refractivity contribution in [2.45, 2.75) is 32.6 Å². The summed E-state index contributed by atoms with van der Waals surface area (Å²) in [4.78, 5) is 0. The fourth-order valence-electron chi connectivity index (χ4n) is 1.39. The lowest BCUT2D eigenvalue weighted by atomic mass is 10.0. The highest BCUT2D eigenvalue weighted by atomic mass is 79.9. The van der Waals surface area contributed by atoms with Crippen molar-refractivity contribution < 1.29 is 9.84 Å². The molecule has 0 heterocycles. The average Bonchev–Trinajstić information content (AvgIpc) is 2.27. The highest BCUT2D eigenvalue weighted by molar-refractivity contribution is 9.10. The minimum absolute atomic E-state index is 0.144. The monoisotopic (exact) mass is 286 g/mol. The molecule has 0 radical (unpaired) electrons. The molecule has 0 bridgehead atoms. The van der Waals surface area contributed by atoms with Gasteiger partial charge in [-0.3, -0.25) is 0 Å². The van der Waals surface area contributed by atoms with Crippen molar-refractivity contribution in [3.8, 4) is 5.75 Å². The first-order valence-corrected chi connectivity index (χ1v) is 6.50. The third-order valence-electron chi connectivity index (χ3n) is 2.50. The molecule has 0 amide bonds. The molecule has 0 aliphatic carbocycles. The van der Waals surface area contributed by atoms with E-state index in [0.717, 1.165) is 35.2 Å². The highest BCUT2D eigenvalue weighted by Crippen LogP contribution is 2.26. The van der Waals surface area contributed by atoms with Gasteiger partial charge in [0, 0.05) is 17.0 Å². The molecule has 0 aliphatic heterocycles. The van der Waals surface area contributed by atoms with Gasteiger partial charge in [0.05, 0.1) is 6.61 Å². The second-order valence-corrected chi connectivity index (χ2v) is 4.92. The molecule has 1 unspecified atom stereocenters. The largest absolute Gasteiger partial charge is 0.494 e. The molecule has 90 valence electrons. The van der Waals surface area contributed by atoms with Crippen LogP contribution >= 0.6 is 15.9 Å². The van der Waals surface area contributed by atoms with Gasteiger partial charge in [-0.15, -0.1) is 0 Å². The minimum Gasteiger partial charge on any atom is -0.494 e. The summed E-state index contributed by atoms with van der Waals surface area (Å²) >= 11 is 3.46. The van der Waals surface area contributed by atoms with E-state index in [-0.39, 0.29) is 12.5 Å². The standard InChI is InChI=1S/C13H19BrO2/c1-3-4-5-16-13-7-11(10(2)9-15)6-12(14)8-13/h6-8,10,15H,3-5,9H2,1-2H3. The van der Waals surface area contributed by atoms with Crippen molar-refractivity contribution in [3.05, 3.63) is 28.2 Å². The highest BCUT2D eigenvalue weighted by Gasteiger charge is 2.07. The van der Waals surface area contributed by atoms with Crippen LogP contribution in [0.1, 0.15) is 38.2 Å². The summed E-state index contributed by atoms with van der Waals surface area (Å²) in [6.45, 7) is 5.05. The first-order chi connectivity index (χ1) is 7.67. The molecule has 0 fully saturated rings. The van der Waals surface area contributed by atoms with E-state index in [0.29, 0.717) is 0 Å². The smallest absolute Gasteiger partial charge is 0.120 e. The van der Waals surface area contributed by atoms with Gasteiger partial charge >= 0.3 is 0 Å². The van der Waals surface area contributed by atoms with Gasteiger partial charge in [-0.1, -0.05) is 36.2 Å². The average molecular weight is 287 g/mol. The Hall–Kier alpha value is -0.540. The molecule has 1 aromatic carbocycles. The SMILES string of the molecule is CCCCOc1cc(Br)cc(C(C)CO)c1. The van der Waals surface area contributed by atoms with Gasteiger partial charge in [0.1, 0.15) is 5.75 Å². The molecule has 16 heavy (non-hydrogen) atoms. The van der Waals surface area contributed by atoms with Crippen LogP contribution in [0, 0.1) is 0 Å². The molecule has 1 aromatic rings. The van der Waals surface area contributed by atoms with E-state index in [4.69, 9.17) is 9.84 Å². The Bertz CT molecular complexity index is 326. The second-order valence-electron chi connectivity index (χ2n) is 4.01. The quantitative estimate of drug-likeness (QED) is 0.808. The van der Waals surface area contributed by atoms with Crippen LogP contribution in [0.3, 0.4) is 0 Å². The number of halogens is 1. The Morgan fingerprint density at radius 3 is 2.75 bits per heavy atom. The van der Waals surface area contributed by atoms with E-state index >= 15 is 0 Å². The summed E-state index contributed by atoms with van der Waals surface area (Å²) in [5, 5.41) is 9.13. The lowest BCUT2D eigenvalue weighted by molar-refractivity contribution is 0.272. The third-order valence-corrected chi connectivity index (χ3v) is 2.96. The molecule has 0 saturated carbocycles. The number of ether oxygens (including phenoxy) is 1. The molecule has 0 spiro atoms. The zero-order valence-corrected chi connectivity index (χ0v) is 11.5. The number of aliphatic hydroxyl groups is 1. The second kappa shape index (κ2) is 6.92. The maximum absolute atomic E-state index is 9.13. The van der Waals surface area contributed by atoms with Crippen molar-refractivity contribution in [1.82, 2.24) is 0 Å². The van der Waals surface area contributed by atoms with Crippen molar-refractivity contribution in [3.63, 3.8) is 0 Å². The van der Waals surface area contributed by atoms with Gasteiger partial charge in [-0.2, -0.15) is 0 Å². The van der Waals surface area contributed by atoms with Gasteiger partial charge in [-0.25, -0.2) is 0 Å². The number of benzene rings is 1. The van der Waals surface area contributed by atoms with Crippen LogP contribution in [-0.2, 0) is 0 Å². The Labute approximate surface area is 106 Å². The number of aliphatic hydroxyl groups excluding tert-OH is 1. The topological polar surface area (TPSA) is 29.5 Å². The lowest BCUT2D eigenvalue weighted by Crippen LogP contribution is -2.01. The maximum Gasteiger partial charge on any atom is 0.120 e. The van der Waals surface area contributed by atoms with E-state index in [1.54, 1.807) is 0 Å². The Morgan fingerprint density at radius 1 is 1.38 bits per heavy atom. The third kappa shape index (κ3) is 4.14. The normalized spacial score (nSPS) is 12.5. The fraction of sp³-hybridized carbons (Fsp3) is 0.538. The van der Waals surface area contributed by atoms with Crippen molar-refractivity contribution >= 4 is 15.9 Å². The van der Waals surface area contributed by atoms with Crippen molar-refractivity contribution in [2.24, 2.45) is 0 Å². The summed E-state index contributed by atoms with van der Waals surface area (Å²) in [7, 11) is 0. The maximum atomic E-state index is 9.13. The van der Waals surface area contributed by atoms with Gasteiger partial charge in [0.25, 0.3) is 0 Å². The zero-order chi connectivity index (χ0) is 12.0. The molecule has 0 saturated heterocycles. The van der Waals surface area contributed by atoms with E-state index in [1.807, 2.05) is 25.1 Å². The van der Waals surface area contributed by atoms with Crippen LogP contribution in [0.15, 0.2) is 22.7 Å². The Balaban J connectivity index is 2.73. The van der Waals surface area contributed by atoms with E-state index in [1.165, 1.54) is 0 Å². The van der Waals surface area contributed by atoms with Crippen LogP contribution in [0.25, 0.3) is 0 Å². The van der Waals surface area contributed by atoms with Crippen LogP contribution < -0.4 is 4.74 Å². The van der Waals surface area contributed by atoms with E-state index < -0.39 is 0 Å². The molecule has 2 nitrogen and oxygen atoms in total. The molecular formula is C13H19BrO2. The molecule has 1 N–H and O–H groups in total. The predicted octanol–water partition coefficient (Wildman–Crippen LogP) is 3.72. The van der Waals surface area contributed by atoms with Crippen molar-refractivity contribution in [1.29, 1.82) is 0 Å².